The number of piperidine rings is 1. The average molecular weight is 482 g/mol. The molecule has 2 N–H and O–H groups in total. The maximum Gasteiger partial charge on any atom is 0.243 e. The quantitative estimate of drug-likeness (QED) is 0.698. The maximum atomic E-state index is 13.3. The largest absolute Gasteiger partial charge is 0.349 e. The molecule has 1 atom stereocenters. The van der Waals surface area contributed by atoms with E-state index in [0.717, 1.165) is 24.8 Å². The third-order valence-corrected chi connectivity index (χ3v) is 9.24. The van der Waals surface area contributed by atoms with E-state index in [0.29, 0.717) is 50.9 Å². The lowest BCUT2D eigenvalue weighted by molar-refractivity contribution is -0.127. The van der Waals surface area contributed by atoms with Crippen LogP contribution in [0.2, 0.25) is 0 Å². The maximum absolute atomic E-state index is 13.3. The van der Waals surface area contributed by atoms with Crippen LogP contribution in [0.1, 0.15) is 61.3 Å². The summed E-state index contributed by atoms with van der Waals surface area (Å²) in [7, 11) is -3.65. The molecule has 180 valence electrons. The third kappa shape index (κ3) is 4.61. The lowest BCUT2D eigenvalue weighted by atomic mass is 9.87. The van der Waals surface area contributed by atoms with Crippen LogP contribution in [0, 0.1) is 5.92 Å². The lowest BCUT2D eigenvalue weighted by Gasteiger charge is -2.33. The summed E-state index contributed by atoms with van der Waals surface area (Å²) < 4.78 is 28.1. The Morgan fingerprint density at radius 2 is 1.71 bits per heavy atom. The highest BCUT2D eigenvalue weighted by Crippen LogP contribution is 2.32. The molecule has 8 heteroatoms. The standard InChI is InChI=1S/C26H31N3O4S/c30-25-10-4-7-20-17-21(11-12-23(20)27-25)34(32,33)29-15-13-19(14-16-29)26(31)28-24-9-3-6-18-5-1-2-8-22(18)24/h1-2,5,8,11-12,17,19,24H,3-4,6-7,9-10,13-16H2,(H,27,30)(H,28,31)/t24-/m1/s1. The summed E-state index contributed by atoms with van der Waals surface area (Å²) in [6.45, 7) is 0.658. The molecule has 0 radical (unpaired) electrons. The molecule has 2 amide bonds. The van der Waals surface area contributed by atoms with Crippen molar-refractivity contribution in [2.75, 3.05) is 18.4 Å². The van der Waals surface area contributed by atoms with E-state index in [1.807, 2.05) is 12.1 Å². The van der Waals surface area contributed by atoms with E-state index in [1.165, 1.54) is 15.4 Å². The summed E-state index contributed by atoms with van der Waals surface area (Å²) in [6, 6.07) is 13.3. The minimum Gasteiger partial charge on any atom is -0.349 e. The van der Waals surface area contributed by atoms with Gasteiger partial charge >= 0.3 is 0 Å². The molecule has 0 bridgehead atoms. The van der Waals surface area contributed by atoms with E-state index in [2.05, 4.69) is 22.8 Å². The molecule has 1 saturated heterocycles. The minimum atomic E-state index is -3.65. The number of benzene rings is 2. The fourth-order valence-electron chi connectivity index (χ4n) is 5.41. The van der Waals surface area contributed by atoms with Crippen LogP contribution in [0.15, 0.2) is 47.4 Å². The number of aryl methyl sites for hydroxylation is 2. The monoisotopic (exact) mass is 481 g/mol. The van der Waals surface area contributed by atoms with Crippen LogP contribution < -0.4 is 10.6 Å². The molecule has 2 aromatic carbocycles. The number of carbonyl (C=O) groups is 2. The molecule has 0 aromatic heterocycles. The van der Waals surface area contributed by atoms with Crippen LogP contribution in [-0.2, 0) is 32.5 Å². The number of nitrogens with zero attached hydrogens (tertiary/aromatic N) is 1. The first-order valence-corrected chi connectivity index (χ1v) is 13.7. The Morgan fingerprint density at radius 1 is 0.941 bits per heavy atom. The predicted octanol–water partition coefficient (Wildman–Crippen LogP) is 3.56. The van der Waals surface area contributed by atoms with Gasteiger partial charge in [0.05, 0.1) is 10.9 Å². The average Bonchev–Trinajstić information content (AvgIpc) is 3.04. The second-order valence-electron chi connectivity index (χ2n) is 9.55. The first-order valence-electron chi connectivity index (χ1n) is 12.2. The van der Waals surface area contributed by atoms with Crippen molar-refractivity contribution in [3.63, 3.8) is 0 Å². The van der Waals surface area contributed by atoms with Gasteiger partial charge < -0.3 is 10.6 Å². The highest BCUT2D eigenvalue weighted by Gasteiger charge is 2.33. The van der Waals surface area contributed by atoms with Crippen molar-refractivity contribution in [2.24, 2.45) is 5.92 Å². The van der Waals surface area contributed by atoms with Crippen molar-refractivity contribution < 1.29 is 18.0 Å². The number of sulfonamides is 1. The van der Waals surface area contributed by atoms with Gasteiger partial charge in [-0.25, -0.2) is 8.42 Å². The van der Waals surface area contributed by atoms with Gasteiger partial charge in [-0.05, 0) is 79.8 Å². The predicted molar refractivity (Wildman–Crippen MR) is 130 cm³/mol. The minimum absolute atomic E-state index is 0.0273. The van der Waals surface area contributed by atoms with Gasteiger partial charge in [0.25, 0.3) is 0 Å². The highest BCUT2D eigenvalue weighted by molar-refractivity contribution is 7.89. The Balaban J connectivity index is 1.22. The van der Waals surface area contributed by atoms with Crippen LogP contribution >= 0.6 is 0 Å². The molecule has 2 aromatic rings. The number of carbonyl (C=O) groups excluding carboxylic acids is 2. The Bertz CT molecular complexity index is 1200. The van der Waals surface area contributed by atoms with Gasteiger partial charge in [-0.2, -0.15) is 4.31 Å². The van der Waals surface area contributed by atoms with Crippen molar-refractivity contribution >= 4 is 27.5 Å². The lowest BCUT2D eigenvalue weighted by Crippen LogP contribution is -2.44. The van der Waals surface area contributed by atoms with E-state index in [9.17, 15) is 18.0 Å². The number of anilines is 1. The number of amides is 2. The van der Waals surface area contributed by atoms with Crippen molar-refractivity contribution in [3.8, 4) is 0 Å². The molecule has 7 nitrogen and oxygen atoms in total. The third-order valence-electron chi connectivity index (χ3n) is 7.35. The van der Waals surface area contributed by atoms with Gasteiger partial charge in [-0.3, -0.25) is 9.59 Å². The molecule has 1 fully saturated rings. The van der Waals surface area contributed by atoms with Gasteiger partial charge in [0, 0.05) is 31.1 Å². The molecule has 34 heavy (non-hydrogen) atoms. The van der Waals surface area contributed by atoms with Gasteiger partial charge in [-0.1, -0.05) is 24.3 Å². The molecule has 1 aliphatic carbocycles. The zero-order valence-electron chi connectivity index (χ0n) is 19.3. The molecule has 0 unspecified atom stereocenters. The van der Waals surface area contributed by atoms with E-state index in [1.54, 1.807) is 18.2 Å². The van der Waals surface area contributed by atoms with Crippen molar-refractivity contribution in [3.05, 3.63) is 59.2 Å². The summed E-state index contributed by atoms with van der Waals surface area (Å²) in [4.78, 5) is 25.0. The molecule has 2 heterocycles. The molecule has 0 saturated carbocycles. The fraction of sp³-hybridized carbons (Fsp3) is 0.462. The Labute approximate surface area is 201 Å². The second kappa shape index (κ2) is 9.50. The summed E-state index contributed by atoms with van der Waals surface area (Å²) in [5.41, 5.74) is 4.07. The van der Waals surface area contributed by atoms with Crippen LogP contribution in [0.3, 0.4) is 0 Å². The fourth-order valence-corrected chi connectivity index (χ4v) is 6.93. The van der Waals surface area contributed by atoms with E-state index in [4.69, 9.17) is 0 Å². The number of rotatable bonds is 4. The summed E-state index contributed by atoms with van der Waals surface area (Å²) in [6.07, 6.45) is 5.89. The van der Waals surface area contributed by atoms with Crippen molar-refractivity contribution in [1.82, 2.24) is 9.62 Å². The Morgan fingerprint density at radius 3 is 2.53 bits per heavy atom. The highest BCUT2D eigenvalue weighted by atomic mass is 32.2. The van der Waals surface area contributed by atoms with Crippen LogP contribution in [0.5, 0.6) is 0 Å². The smallest absolute Gasteiger partial charge is 0.243 e. The van der Waals surface area contributed by atoms with Gasteiger partial charge in [-0.15, -0.1) is 0 Å². The summed E-state index contributed by atoms with van der Waals surface area (Å²) in [5.74, 6) is -0.186. The zero-order valence-corrected chi connectivity index (χ0v) is 20.1. The van der Waals surface area contributed by atoms with E-state index >= 15 is 0 Å². The topological polar surface area (TPSA) is 95.6 Å². The first kappa shape index (κ1) is 23.1. The normalized spacial score (nSPS) is 21.6. The number of hydrogen-bond acceptors (Lipinski definition) is 4. The second-order valence-corrected chi connectivity index (χ2v) is 11.5. The zero-order chi connectivity index (χ0) is 23.7. The Hall–Kier alpha value is -2.71. The van der Waals surface area contributed by atoms with Gasteiger partial charge in [0.15, 0.2) is 0 Å². The SMILES string of the molecule is O=C1CCCc2cc(S(=O)(=O)N3CCC(C(=O)N[C@@H]4CCCc5ccccc54)CC3)ccc2N1. The molecule has 2 aliphatic heterocycles. The van der Waals surface area contributed by atoms with Gasteiger partial charge in [0.2, 0.25) is 21.8 Å². The first-order chi connectivity index (χ1) is 16.4. The molecule has 5 rings (SSSR count). The van der Waals surface area contributed by atoms with E-state index < -0.39 is 10.0 Å². The van der Waals surface area contributed by atoms with Crippen molar-refractivity contribution in [2.45, 2.75) is 62.3 Å². The van der Waals surface area contributed by atoms with Crippen LogP contribution in [0.4, 0.5) is 5.69 Å². The number of fused-ring (bicyclic) bond motifs is 2. The number of hydrogen-bond donors (Lipinski definition) is 2. The molecule has 0 spiro atoms. The molecule has 3 aliphatic rings. The summed E-state index contributed by atoms with van der Waals surface area (Å²) >= 11 is 0. The molecular formula is C26H31N3O4S. The summed E-state index contributed by atoms with van der Waals surface area (Å²) in [5, 5.41) is 6.08. The number of nitrogens with one attached hydrogen (secondary N) is 2. The van der Waals surface area contributed by atoms with Crippen LogP contribution in [-0.4, -0.2) is 37.6 Å². The van der Waals surface area contributed by atoms with Crippen molar-refractivity contribution in [1.29, 1.82) is 0 Å². The van der Waals surface area contributed by atoms with Gasteiger partial charge in [0.1, 0.15) is 0 Å². The molecular weight excluding hydrogens is 450 g/mol. The Kier molecular flexibility index (Phi) is 6.44. The van der Waals surface area contributed by atoms with E-state index in [-0.39, 0.29) is 28.7 Å². The van der Waals surface area contributed by atoms with Crippen LogP contribution in [0.25, 0.3) is 0 Å².